The van der Waals surface area contributed by atoms with Crippen molar-refractivity contribution in [1.82, 2.24) is 9.38 Å². The number of fused-ring (bicyclic) bond motifs is 1. The van der Waals surface area contributed by atoms with E-state index in [4.69, 9.17) is 16.6 Å². The molecule has 0 bridgehead atoms. The van der Waals surface area contributed by atoms with Crippen molar-refractivity contribution in [2.45, 2.75) is 26.7 Å². The molecule has 28 heavy (non-hydrogen) atoms. The van der Waals surface area contributed by atoms with Crippen LogP contribution in [0.25, 0.3) is 16.2 Å². The number of imidazole rings is 1. The van der Waals surface area contributed by atoms with Crippen molar-refractivity contribution in [3.63, 3.8) is 0 Å². The minimum atomic E-state index is -0.0763. The molecule has 4 nitrogen and oxygen atoms in total. The lowest BCUT2D eigenvalue weighted by Crippen LogP contribution is -2.16. The number of thiazole rings is 1. The third kappa shape index (κ3) is 3.68. The Kier molecular flexibility index (Phi) is 5.20. The Morgan fingerprint density at radius 1 is 1.21 bits per heavy atom. The van der Waals surface area contributed by atoms with E-state index in [2.05, 4.69) is 36.5 Å². The Bertz CT molecular complexity index is 1140. The van der Waals surface area contributed by atoms with E-state index in [0.717, 1.165) is 39.6 Å². The van der Waals surface area contributed by atoms with Gasteiger partial charge in [-0.3, -0.25) is 9.20 Å². The molecule has 0 aliphatic rings. The molecule has 0 fully saturated rings. The number of halogens is 1. The second-order valence-electron chi connectivity index (χ2n) is 6.69. The highest BCUT2D eigenvalue weighted by Crippen LogP contribution is 2.26. The van der Waals surface area contributed by atoms with Crippen LogP contribution in [0.5, 0.6) is 0 Å². The van der Waals surface area contributed by atoms with Gasteiger partial charge in [0, 0.05) is 33.5 Å². The van der Waals surface area contributed by atoms with Gasteiger partial charge in [-0.05, 0) is 36.6 Å². The Hall–Kier alpha value is -2.63. The fraction of sp³-hybridized carbons (Fsp3) is 0.182. The number of carbonyl (C=O) groups is 1. The second-order valence-corrected chi connectivity index (χ2v) is 7.94. The first-order valence-electron chi connectivity index (χ1n) is 9.15. The molecule has 6 heteroatoms. The molecule has 0 saturated carbocycles. The number of benzene rings is 2. The molecule has 0 aliphatic carbocycles. The van der Waals surface area contributed by atoms with Crippen LogP contribution in [-0.2, 0) is 17.6 Å². The van der Waals surface area contributed by atoms with Crippen LogP contribution in [0.15, 0.2) is 54.0 Å². The van der Waals surface area contributed by atoms with Gasteiger partial charge < -0.3 is 5.32 Å². The van der Waals surface area contributed by atoms with Crippen molar-refractivity contribution in [1.29, 1.82) is 0 Å². The van der Waals surface area contributed by atoms with E-state index < -0.39 is 0 Å². The first-order valence-corrected chi connectivity index (χ1v) is 10.4. The van der Waals surface area contributed by atoms with Crippen LogP contribution >= 0.6 is 22.9 Å². The maximum Gasteiger partial charge on any atom is 0.230 e. The summed E-state index contributed by atoms with van der Waals surface area (Å²) < 4.78 is 2.00. The van der Waals surface area contributed by atoms with Crippen LogP contribution in [0.4, 0.5) is 5.69 Å². The number of nitrogens with zero attached hydrogens (tertiary/aromatic N) is 2. The molecule has 0 unspecified atom stereocenters. The number of amides is 1. The molecule has 0 spiro atoms. The number of rotatable bonds is 5. The van der Waals surface area contributed by atoms with Crippen molar-refractivity contribution in [2.75, 3.05) is 5.32 Å². The number of anilines is 1. The van der Waals surface area contributed by atoms with Crippen LogP contribution < -0.4 is 5.32 Å². The smallest absolute Gasteiger partial charge is 0.230 e. The molecule has 4 rings (SSSR count). The topological polar surface area (TPSA) is 46.4 Å². The van der Waals surface area contributed by atoms with Crippen LogP contribution in [0.2, 0.25) is 5.02 Å². The molecular weight excluding hydrogens is 390 g/mol. The quantitative estimate of drug-likeness (QED) is 0.455. The van der Waals surface area contributed by atoms with Gasteiger partial charge in [-0.1, -0.05) is 48.9 Å². The highest BCUT2D eigenvalue weighted by molar-refractivity contribution is 7.15. The van der Waals surface area contributed by atoms with Gasteiger partial charge in [-0.15, -0.1) is 11.3 Å². The fourth-order valence-electron chi connectivity index (χ4n) is 3.11. The number of aromatic nitrogens is 2. The highest BCUT2D eigenvalue weighted by Gasteiger charge is 2.14. The van der Waals surface area contributed by atoms with Crippen LogP contribution in [-0.4, -0.2) is 15.3 Å². The van der Waals surface area contributed by atoms with Crippen LogP contribution in [0.3, 0.4) is 0 Å². The number of hydrogen-bond donors (Lipinski definition) is 1. The monoisotopic (exact) mass is 409 g/mol. The lowest BCUT2D eigenvalue weighted by Gasteiger charge is -2.09. The number of aryl methyl sites for hydroxylation is 1. The molecule has 1 amide bonds. The molecule has 4 aromatic rings. The second kappa shape index (κ2) is 7.78. The summed E-state index contributed by atoms with van der Waals surface area (Å²) in [6.07, 6.45) is 3.29. The molecule has 1 N–H and O–H groups in total. The number of hydrogen-bond acceptors (Lipinski definition) is 3. The summed E-state index contributed by atoms with van der Waals surface area (Å²) in [6.45, 7) is 4.04. The zero-order valence-electron chi connectivity index (χ0n) is 15.7. The van der Waals surface area contributed by atoms with Crippen LogP contribution in [0, 0.1) is 6.92 Å². The summed E-state index contributed by atoms with van der Waals surface area (Å²) in [5, 5.41) is 5.58. The van der Waals surface area contributed by atoms with Crippen molar-refractivity contribution in [3.8, 4) is 11.3 Å². The predicted octanol–water partition coefficient (Wildman–Crippen LogP) is 5.77. The normalized spacial score (nSPS) is 11.1. The van der Waals surface area contributed by atoms with Gasteiger partial charge in [-0.2, -0.15) is 0 Å². The van der Waals surface area contributed by atoms with Gasteiger partial charge in [0.2, 0.25) is 5.91 Å². The highest BCUT2D eigenvalue weighted by atomic mass is 35.5. The first-order chi connectivity index (χ1) is 13.5. The summed E-state index contributed by atoms with van der Waals surface area (Å²) in [5.41, 5.74) is 5.83. The maximum atomic E-state index is 12.6. The maximum absolute atomic E-state index is 12.6. The Morgan fingerprint density at radius 2 is 2.00 bits per heavy atom. The fourth-order valence-corrected chi connectivity index (χ4v) is 4.16. The third-order valence-electron chi connectivity index (χ3n) is 4.82. The van der Waals surface area contributed by atoms with Crippen molar-refractivity contribution in [2.24, 2.45) is 0 Å². The molecule has 2 heterocycles. The molecular formula is C22H20ClN3OS. The van der Waals surface area contributed by atoms with Gasteiger partial charge >= 0.3 is 0 Å². The zero-order chi connectivity index (χ0) is 19.7. The standard InChI is InChI=1S/C22H20ClN3OS/c1-3-15-7-9-16(10-8-15)20-12-26-17(13-28-22(26)25-20)11-21(27)24-19-6-4-5-18(23)14(19)2/h4-10,12-13H,3,11H2,1-2H3,(H,24,27). The van der Waals surface area contributed by atoms with Gasteiger partial charge in [0.05, 0.1) is 12.1 Å². The van der Waals surface area contributed by atoms with E-state index >= 15 is 0 Å². The average molecular weight is 410 g/mol. The predicted molar refractivity (Wildman–Crippen MR) is 116 cm³/mol. The van der Waals surface area contributed by atoms with E-state index in [9.17, 15) is 4.79 Å². The summed E-state index contributed by atoms with van der Waals surface area (Å²) in [7, 11) is 0. The van der Waals surface area contributed by atoms with E-state index in [1.165, 1.54) is 5.56 Å². The molecule has 0 atom stereocenters. The summed E-state index contributed by atoms with van der Waals surface area (Å²) in [5.74, 6) is -0.0763. The number of carbonyl (C=O) groups excluding carboxylic acids is 1. The lowest BCUT2D eigenvalue weighted by molar-refractivity contribution is -0.115. The summed E-state index contributed by atoms with van der Waals surface area (Å²) >= 11 is 7.68. The third-order valence-corrected chi connectivity index (χ3v) is 6.12. The van der Waals surface area contributed by atoms with Gasteiger partial charge in [-0.25, -0.2) is 4.98 Å². The molecule has 2 aromatic heterocycles. The van der Waals surface area contributed by atoms with E-state index in [-0.39, 0.29) is 12.3 Å². The minimum Gasteiger partial charge on any atom is -0.325 e. The summed E-state index contributed by atoms with van der Waals surface area (Å²) in [4.78, 5) is 18.1. The zero-order valence-corrected chi connectivity index (χ0v) is 17.3. The van der Waals surface area contributed by atoms with Crippen molar-refractivity contribution < 1.29 is 4.79 Å². The van der Waals surface area contributed by atoms with Crippen molar-refractivity contribution in [3.05, 3.63) is 75.9 Å². The van der Waals surface area contributed by atoms with E-state index in [0.29, 0.717) is 5.02 Å². The molecule has 0 radical (unpaired) electrons. The lowest BCUT2D eigenvalue weighted by atomic mass is 10.1. The van der Waals surface area contributed by atoms with E-state index in [1.54, 1.807) is 11.3 Å². The Labute approximate surface area is 172 Å². The van der Waals surface area contributed by atoms with Gasteiger partial charge in [0.25, 0.3) is 0 Å². The van der Waals surface area contributed by atoms with Gasteiger partial charge in [0.15, 0.2) is 4.96 Å². The first kappa shape index (κ1) is 18.7. The van der Waals surface area contributed by atoms with Gasteiger partial charge in [0.1, 0.15) is 0 Å². The number of nitrogens with one attached hydrogen (secondary N) is 1. The largest absolute Gasteiger partial charge is 0.325 e. The minimum absolute atomic E-state index is 0.0763. The van der Waals surface area contributed by atoms with Crippen molar-refractivity contribution >= 4 is 39.5 Å². The molecule has 0 aliphatic heterocycles. The SMILES string of the molecule is CCc1ccc(-c2cn3c(CC(=O)Nc4cccc(Cl)c4C)csc3n2)cc1. The Balaban J connectivity index is 1.55. The molecule has 2 aromatic carbocycles. The molecule has 142 valence electrons. The summed E-state index contributed by atoms with van der Waals surface area (Å²) in [6, 6.07) is 14.0. The molecule has 0 saturated heterocycles. The van der Waals surface area contributed by atoms with Crippen LogP contribution in [0.1, 0.15) is 23.7 Å². The average Bonchev–Trinajstić information content (AvgIpc) is 3.27. The van der Waals surface area contributed by atoms with E-state index in [1.807, 2.05) is 41.1 Å². The Morgan fingerprint density at radius 3 is 2.75 bits per heavy atom.